The van der Waals surface area contributed by atoms with Crippen LogP contribution in [0.25, 0.3) is 11.4 Å². The lowest BCUT2D eigenvalue weighted by Gasteiger charge is -2.26. The monoisotopic (exact) mass is 290 g/mol. The van der Waals surface area contributed by atoms with E-state index in [1.165, 1.54) is 12.1 Å². The van der Waals surface area contributed by atoms with Gasteiger partial charge in [-0.2, -0.15) is 4.98 Å². The number of aromatic nitrogens is 2. The Labute approximate surface area is 123 Å². The van der Waals surface area contributed by atoms with Crippen LogP contribution in [0.15, 0.2) is 22.7 Å². The highest BCUT2D eigenvalue weighted by molar-refractivity contribution is 5.55. The molecule has 2 aromatic rings. The number of aliphatic hydroxyl groups is 1. The third-order valence-corrected chi connectivity index (χ3v) is 4.07. The van der Waals surface area contributed by atoms with Crippen LogP contribution in [-0.2, 0) is 6.42 Å². The van der Waals surface area contributed by atoms with Gasteiger partial charge in [0.1, 0.15) is 5.82 Å². The van der Waals surface area contributed by atoms with Gasteiger partial charge in [-0.15, -0.1) is 0 Å². The van der Waals surface area contributed by atoms with Gasteiger partial charge in [-0.1, -0.05) is 18.0 Å². The molecular formula is C16H19FN2O2. The summed E-state index contributed by atoms with van der Waals surface area (Å²) in [5.74, 6) is 0.788. The predicted molar refractivity (Wildman–Crippen MR) is 76.1 cm³/mol. The molecule has 5 heteroatoms. The van der Waals surface area contributed by atoms with Gasteiger partial charge in [-0.25, -0.2) is 4.39 Å². The summed E-state index contributed by atoms with van der Waals surface area (Å²) in [7, 11) is 0. The number of hydrogen-bond donors (Lipinski definition) is 1. The van der Waals surface area contributed by atoms with Crippen molar-refractivity contribution in [3.05, 3.63) is 35.5 Å². The predicted octanol–water partition coefficient (Wildman–Crippen LogP) is 3.28. The largest absolute Gasteiger partial charge is 0.393 e. The lowest BCUT2D eigenvalue weighted by molar-refractivity contribution is 0.0657. The maximum Gasteiger partial charge on any atom is 0.227 e. The van der Waals surface area contributed by atoms with Gasteiger partial charge in [0.2, 0.25) is 11.7 Å². The molecule has 0 amide bonds. The Hall–Kier alpha value is -1.75. The summed E-state index contributed by atoms with van der Waals surface area (Å²) < 4.78 is 18.7. The van der Waals surface area contributed by atoms with E-state index in [1.807, 2.05) is 13.0 Å². The van der Waals surface area contributed by atoms with Crippen LogP contribution in [0.2, 0.25) is 0 Å². The van der Waals surface area contributed by atoms with E-state index in [1.54, 1.807) is 0 Å². The molecule has 1 heterocycles. The Balaban J connectivity index is 1.76. The first-order valence-corrected chi connectivity index (χ1v) is 7.40. The first kappa shape index (κ1) is 14.2. The van der Waals surface area contributed by atoms with Crippen LogP contribution < -0.4 is 0 Å². The zero-order chi connectivity index (χ0) is 14.8. The molecule has 1 N–H and O–H groups in total. The van der Waals surface area contributed by atoms with Gasteiger partial charge in [0.25, 0.3) is 0 Å². The van der Waals surface area contributed by atoms with Crippen molar-refractivity contribution in [2.75, 3.05) is 0 Å². The highest BCUT2D eigenvalue weighted by atomic mass is 19.1. The van der Waals surface area contributed by atoms with Crippen molar-refractivity contribution in [3.63, 3.8) is 0 Å². The molecule has 3 rings (SSSR count). The second kappa shape index (κ2) is 5.93. The molecular weight excluding hydrogens is 271 g/mol. The maximum absolute atomic E-state index is 13.4. The van der Waals surface area contributed by atoms with Crippen molar-refractivity contribution < 1.29 is 14.0 Å². The van der Waals surface area contributed by atoms with Crippen molar-refractivity contribution in [2.24, 2.45) is 5.92 Å². The van der Waals surface area contributed by atoms with Gasteiger partial charge in [-0.3, -0.25) is 0 Å². The molecule has 112 valence electrons. The van der Waals surface area contributed by atoms with E-state index in [0.29, 0.717) is 23.7 Å². The van der Waals surface area contributed by atoms with Crippen LogP contribution in [-0.4, -0.2) is 21.4 Å². The van der Waals surface area contributed by atoms with Crippen LogP contribution in [0, 0.1) is 18.7 Å². The summed E-state index contributed by atoms with van der Waals surface area (Å²) >= 11 is 0. The molecule has 4 nitrogen and oxygen atoms in total. The van der Waals surface area contributed by atoms with E-state index >= 15 is 0 Å². The minimum Gasteiger partial charge on any atom is -0.393 e. The minimum absolute atomic E-state index is 0.182. The van der Waals surface area contributed by atoms with Gasteiger partial charge in [0, 0.05) is 12.0 Å². The van der Waals surface area contributed by atoms with E-state index in [2.05, 4.69) is 10.1 Å². The topological polar surface area (TPSA) is 59.2 Å². The molecule has 0 bridgehead atoms. The van der Waals surface area contributed by atoms with Crippen molar-refractivity contribution in [1.29, 1.82) is 0 Å². The highest BCUT2D eigenvalue weighted by Crippen LogP contribution is 2.28. The normalized spacial score (nSPS) is 22.4. The second-order valence-electron chi connectivity index (χ2n) is 5.84. The molecule has 2 unspecified atom stereocenters. The third kappa shape index (κ3) is 3.29. The fraction of sp³-hybridized carbons (Fsp3) is 0.500. The molecule has 1 aliphatic carbocycles. The summed E-state index contributed by atoms with van der Waals surface area (Å²) in [5.41, 5.74) is 1.44. The standard InChI is InChI=1S/C16H19FN2O2/c1-10-6-12(8-13(17)7-10)16-18-15(21-19-16)9-11-4-2-3-5-14(11)20/h6-8,11,14,20H,2-5,9H2,1H3. The number of nitrogens with zero attached hydrogens (tertiary/aromatic N) is 2. The van der Waals surface area contributed by atoms with E-state index < -0.39 is 0 Å². The molecule has 0 saturated heterocycles. The van der Waals surface area contributed by atoms with Crippen molar-refractivity contribution in [2.45, 2.75) is 45.1 Å². The number of benzene rings is 1. The van der Waals surface area contributed by atoms with Crippen LogP contribution in [0.1, 0.15) is 37.1 Å². The minimum atomic E-state index is -0.306. The summed E-state index contributed by atoms with van der Waals surface area (Å²) in [4.78, 5) is 4.34. The fourth-order valence-electron chi connectivity index (χ4n) is 2.97. The SMILES string of the molecule is Cc1cc(F)cc(-c2noc(CC3CCCCC3O)n2)c1. The first-order chi connectivity index (χ1) is 10.1. The average molecular weight is 290 g/mol. The summed E-state index contributed by atoms with van der Waals surface area (Å²) in [6, 6.07) is 4.69. The molecule has 1 saturated carbocycles. The maximum atomic E-state index is 13.4. The molecule has 2 atom stereocenters. The number of aliphatic hydroxyl groups excluding tert-OH is 1. The zero-order valence-electron chi connectivity index (χ0n) is 12.1. The molecule has 0 spiro atoms. The smallest absolute Gasteiger partial charge is 0.227 e. The van der Waals surface area contributed by atoms with E-state index in [9.17, 15) is 9.50 Å². The van der Waals surface area contributed by atoms with Crippen LogP contribution in [0.4, 0.5) is 4.39 Å². The Morgan fingerprint density at radius 2 is 2.10 bits per heavy atom. The van der Waals surface area contributed by atoms with E-state index in [4.69, 9.17) is 4.52 Å². The highest BCUT2D eigenvalue weighted by Gasteiger charge is 2.25. The Kier molecular flexibility index (Phi) is 4.01. The zero-order valence-corrected chi connectivity index (χ0v) is 12.1. The van der Waals surface area contributed by atoms with Crippen molar-refractivity contribution >= 4 is 0 Å². The van der Waals surface area contributed by atoms with Crippen LogP contribution in [0.3, 0.4) is 0 Å². The lowest BCUT2D eigenvalue weighted by Crippen LogP contribution is -2.26. The van der Waals surface area contributed by atoms with Crippen molar-refractivity contribution in [3.8, 4) is 11.4 Å². The van der Waals surface area contributed by atoms with E-state index in [0.717, 1.165) is 31.2 Å². The number of aryl methyl sites for hydroxylation is 1. The fourth-order valence-corrected chi connectivity index (χ4v) is 2.97. The Bertz CT molecular complexity index is 606. The molecule has 0 radical (unpaired) electrons. The number of rotatable bonds is 3. The van der Waals surface area contributed by atoms with Crippen LogP contribution in [0.5, 0.6) is 0 Å². The molecule has 0 aliphatic heterocycles. The van der Waals surface area contributed by atoms with Gasteiger partial charge >= 0.3 is 0 Å². The van der Waals surface area contributed by atoms with E-state index in [-0.39, 0.29) is 17.8 Å². The number of halogens is 1. The average Bonchev–Trinajstić information content (AvgIpc) is 2.89. The van der Waals surface area contributed by atoms with Gasteiger partial charge < -0.3 is 9.63 Å². The van der Waals surface area contributed by atoms with Gasteiger partial charge in [0.15, 0.2) is 0 Å². The molecule has 21 heavy (non-hydrogen) atoms. The summed E-state index contributed by atoms with van der Waals surface area (Å²) in [6.07, 6.45) is 4.33. The number of hydrogen-bond acceptors (Lipinski definition) is 4. The molecule has 1 fully saturated rings. The molecule has 1 aromatic heterocycles. The Morgan fingerprint density at radius 1 is 1.29 bits per heavy atom. The quantitative estimate of drug-likeness (QED) is 0.942. The van der Waals surface area contributed by atoms with Crippen LogP contribution >= 0.6 is 0 Å². The van der Waals surface area contributed by atoms with Crippen molar-refractivity contribution in [1.82, 2.24) is 10.1 Å². The Morgan fingerprint density at radius 3 is 2.86 bits per heavy atom. The lowest BCUT2D eigenvalue weighted by atomic mass is 9.84. The third-order valence-electron chi connectivity index (χ3n) is 4.07. The first-order valence-electron chi connectivity index (χ1n) is 7.40. The second-order valence-corrected chi connectivity index (χ2v) is 5.84. The summed E-state index contributed by atoms with van der Waals surface area (Å²) in [6.45, 7) is 1.83. The van der Waals surface area contributed by atoms with Gasteiger partial charge in [0.05, 0.1) is 6.10 Å². The van der Waals surface area contributed by atoms with Gasteiger partial charge in [-0.05, 0) is 49.4 Å². The molecule has 1 aromatic carbocycles. The summed E-state index contributed by atoms with van der Waals surface area (Å²) in [5, 5.41) is 13.9. The molecule has 1 aliphatic rings.